The van der Waals surface area contributed by atoms with Gasteiger partial charge in [-0.25, -0.2) is 9.97 Å². The topological polar surface area (TPSA) is 68.9 Å². The lowest BCUT2D eigenvalue weighted by Gasteiger charge is -2.34. The molecule has 1 saturated carbocycles. The first kappa shape index (κ1) is 21.8. The van der Waals surface area contributed by atoms with Crippen molar-refractivity contribution in [2.75, 3.05) is 43.4 Å². The number of anilines is 2. The molecule has 0 spiro atoms. The molecule has 2 N–H and O–H groups in total. The van der Waals surface area contributed by atoms with Crippen LogP contribution in [-0.2, 0) is 6.42 Å². The van der Waals surface area contributed by atoms with E-state index in [1.807, 2.05) is 6.20 Å². The summed E-state index contributed by atoms with van der Waals surface area (Å²) in [6, 6.07) is 11.1. The van der Waals surface area contributed by atoms with Gasteiger partial charge in [0.1, 0.15) is 5.65 Å². The Balaban J connectivity index is 1.19. The molecule has 3 aromatic heterocycles. The molecule has 1 aliphatic heterocycles. The molecule has 0 amide bonds. The van der Waals surface area contributed by atoms with Gasteiger partial charge in [0.05, 0.1) is 22.4 Å². The van der Waals surface area contributed by atoms with Gasteiger partial charge in [-0.15, -0.1) is 0 Å². The number of nitrogens with zero attached hydrogens (tertiary/aromatic N) is 5. The minimum atomic E-state index is -0.275. The predicted octanol–water partition coefficient (Wildman–Crippen LogP) is 4.00. The summed E-state index contributed by atoms with van der Waals surface area (Å²) in [4.78, 5) is 14.3. The molecule has 4 heterocycles. The second-order valence-electron chi connectivity index (χ2n) is 9.75. The molecule has 4 aromatic rings. The highest BCUT2D eigenvalue weighted by atomic mass is 32.1. The number of imidazole rings is 1. The molecule has 1 aromatic carbocycles. The summed E-state index contributed by atoms with van der Waals surface area (Å²) in [7, 11) is 2.18. The number of fused-ring (bicyclic) bond motifs is 2. The Kier molecular flexibility index (Phi) is 5.89. The van der Waals surface area contributed by atoms with Crippen LogP contribution >= 0.6 is 11.3 Å². The number of pyridine rings is 1. The third-order valence-corrected chi connectivity index (χ3v) is 8.27. The first-order valence-electron chi connectivity index (χ1n) is 12.4. The van der Waals surface area contributed by atoms with Crippen LogP contribution in [-0.4, -0.2) is 69.7 Å². The van der Waals surface area contributed by atoms with E-state index in [4.69, 9.17) is 9.97 Å². The van der Waals surface area contributed by atoms with Crippen LogP contribution in [0.3, 0.4) is 0 Å². The van der Waals surface area contributed by atoms with Gasteiger partial charge in [0, 0.05) is 62.4 Å². The van der Waals surface area contributed by atoms with Gasteiger partial charge in [0.15, 0.2) is 5.13 Å². The molecule has 7 nitrogen and oxygen atoms in total. The molecule has 6 rings (SSSR count). The fourth-order valence-electron chi connectivity index (χ4n) is 5.20. The minimum Gasteiger partial charge on any atom is -0.391 e. The van der Waals surface area contributed by atoms with Gasteiger partial charge in [-0.1, -0.05) is 30.2 Å². The van der Waals surface area contributed by atoms with Crippen molar-refractivity contribution in [3.63, 3.8) is 0 Å². The molecule has 0 radical (unpaired) electrons. The number of likely N-dealkylation sites (N-methyl/N-ethyl adjacent to an activating group) is 1. The predicted molar refractivity (Wildman–Crippen MR) is 139 cm³/mol. The van der Waals surface area contributed by atoms with E-state index in [1.165, 1.54) is 28.1 Å². The fraction of sp³-hybridized carbons (Fsp3) is 0.462. The van der Waals surface area contributed by atoms with Gasteiger partial charge in [-0.05, 0) is 43.7 Å². The summed E-state index contributed by atoms with van der Waals surface area (Å²) in [5, 5.41) is 14.7. The van der Waals surface area contributed by atoms with Crippen molar-refractivity contribution in [1.82, 2.24) is 19.3 Å². The van der Waals surface area contributed by atoms with Crippen LogP contribution in [0.25, 0.3) is 15.9 Å². The number of nitrogens with one attached hydrogen (secondary N) is 1. The maximum Gasteiger partial charge on any atom is 0.184 e. The van der Waals surface area contributed by atoms with Gasteiger partial charge >= 0.3 is 0 Å². The van der Waals surface area contributed by atoms with Crippen LogP contribution in [0.5, 0.6) is 0 Å². The molecule has 0 bridgehead atoms. The molecule has 2 aliphatic rings. The monoisotopic (exact) mass is 476 g/mol. The molecule has 2 fully saturated rings. The number of thiazole rings is 1. The van der Waals surface area contributed by atoms with Crippen LogP contribution in [0.2, 0.25) is 0 Å². The maximum atomic E-state index is 10.3. The van der Waals surface area contributed by atoms with Crippen LogP contribution < -0.4 is 10.2 Å². The van der Waals surface area contributed by atoms with E-state index < -0.39 is 0 Å². The van der Waals surface area contributed by atoms with E-state index in [0.717, 1.165) is 68.2 Å². The number of piperazine rings is 1. The Morgan fingerprint density at radius 1 is 1.09 bits per heavy atom. The number of aromatic nitrogens is 3. The van der Waals surface area contributed by atoms with Crippen molar-refractivity contribution < 1.29 is 5.11 Å². The molecule has 34 heavy (non-hydrogen) atoms. The third kappa shape index (κ3) is 4.37. The van der Waals surface area contributed by atoms with E-state index in [0.29, 0.717) is 0 Å². The lowest BCUT2D eigenvalue weighted by atomic mass is 9.93. The summed E-state index contributed by atoms with van der Waals surface area (Å²) in [5.74, 6) is 0. The van der Waals surface area contributed by atoms with Crippen LogP contribution in [0, 0.1) is 0 Å². The Morgan fingerprint density at radius 2 is 1.94 bits per heavy atom. The second-order valence-corrected chi connectivity index (χ2v) is 10.8. The molecular formula is C26H32N6OS. The number of benzene rings is 1. The Morgan fingerprint density at radius 3 is 2.79 bits per heavy atom. The zero-order valence-electron chi connectivity index (χ0n) is 19.7. The van der Waals surface area contributed by atoms with Crippen molar-refractivity contribution >= 4 is 38.0 Å². The molecule has 1 aliphatic carbocycles. The van der Waals surface area contributed by atoms with E-state index in [1.54, 1.807) is 11.3 Å². The molecule has 0 unspecified atom stereocenters. The summed E-state index contributed by atoms with van der Waals surface area (Å²) in [6.45, 7) is 4.32. The zero-order valence-corrected chi connectivity index (χ0v) is 20.5. The van der Waals surface area contributed by atoms with E-state index in [-0.39, 0.29) is 12.1 Å². The van der Waals surface area contributed by atoms with E-state index >= 15 is 0 Å². The van der Waals surface area contributed by atoms with Gasteiger partial charge in [-0.3, -0.25) is 0 Å². The average Bonchev–Trinajstić information content (AvgIpc) is 3.44. The zero-order chi connectivity index (χ0) is 23.1. The van der Waals surface area contributed by atoms with Crippen LogP contribution in [0.4, 0.5) is 10.8 Å². The lowest BCUT2D eigenvalue weighted by molar-refractivity contribution is 0.116. The highest BCUT2D eigenvalue weighted by molar-refractivity contribution is 7.22. The van der Waals surface area contributed by atoms with Crippen molar-refractivity contribution in [3.05, 3.63) is 54.0 Å². The fourth-order valence-corrected chi connectivity index (χ4v) is 6.19. The third-order valence-electron chi connectivity index (χ3n) is 7.32. The number of rotatable bonds is 5. The number of hydrogen-bond donors (Lipinski definition) is 2. The molecular weight excluding hydrogens is 444 g/mol. The Bertz CT molecular complexity index is 1290. The summed E-state index contributed by atoms with van der Waals surface area (Å²) in [6.07, 6.45) is 8.88. The van der Waals surface area contributed by atoms with Crippen molar-refractivity contribution in [1.29, 1.82) is 0 Å². The highest BCUT2D eigenvalue weighted by Gasteiger charge is 2.23. The Labute approximate surface area is 204 Å². The molecule has 2 atom stereocenters. The molecule has 178 valence electrons. The van der Waals surface area contributed by atoms with E-state index in [9.17, 15) is 5.11 Å². The number of hydrogen-bond acceptors (Lipinski definition) is 7. The largest absolute Gasteiger partial charge is 0.391 e. The van der Waals surface area contributed by atoms with Gasteiger partial charge in [0.25, 0.3) is 0 Å². The number of aliphatic hydroxyl groups excluding tert-OH is 1. The minimum absolute atomic E-state index is 0.114. The Hall–Kier alpha value is -2.68. The maximum absolute atomic E-state index is 10.3. The molecule has 1 saturated heterocycles. The molecule has 8 heteroatoms. The quantitative estimate of drug-likeness (QED) is 0.454. The standard InChI is InChI=1S/C26H32N6OS/c1-30-10-12-31(13-11-30)19-8-9-32-20(17-27-25(32)16-19)14-18-6-7-22-24(15-18)34-26(29-22)28-21-4-2-3-5-23(21)33/h6-9,15-17,21,23,33H,2-5,10-14H2,1H3,(H,28,29)/t21-,23-/m1/s1. The van der Waals surface area contributed by atoms with Gasteiger partial charge in [-0.2, -0.15) is 0 Å². The SMILES string of the molecule is CN1CCN(c2ccn3c(Cc4ccc5nc(N[C@@H]6CCCC[C@H]6O)sc5c4)cnc3c2)CC1. The van der Waals surface area contributed by atoms with Gasteiger partial charge in [0.2, 0.25) is 0 Å². The van der Waals surface area contributed by atoms with Crippen molar-refractivity contribution in [2.45, 2.75) is 44.2 Å². The summed E-state index contributed by atoms with van der Waals surface area (Å²) >= 11 is 1.68. The van der Waals surface area contributed by atoms with Gasteiger partial charge < -0.3 is 24.6 Å². The first-order chi connectivity index (χ1) is 16.6. The van der Waals surface area contributed by atoms with Crippen molar-refractivity contribution in [2.24, 2.45) is 0 Å². The van der Waals surface area contributed by atoms with Crippen molar-refractivity contribution in [3.8, 4) is 0 Å². The summed E-state index contributed by atoms with van der Waals surface area (Å²) < 4.78 is 3.38. The highest BCUT2D eigenvalue weighted by Crippen LogP contribution is 2.30. The lowest BCUT2D eigenvalue weighted by Crippen LogP contribution is -2.44. The normalized spacial score (nSPS) is 22.0. The van der Waals surface area contributed by atoms with E-state index in [2.05, 4.69) is 63.1 Å². The smallest absolute Gasteiger partial charge is 0.184 e. The van der Waals surface area contributed by atoms with Crippen LogP contribution in [0.15, 0.2) is 42.7 Å². The second kappa shape index (κ2) is 9.17. The average molecular weight is 477 g/mol. The number of aliphatic hydroxyl groups is 1. The van der Waals surface area contributed by atoms with Crippen LogP contribution in [0.1, 0.15) is 36.9 Å². The first-order valence-corrected chi connectivity index (χ1v) is 13.2. The summed E-state index contributed by atoms with van der Waals surface area (Å²) in [5.41, 5.74) is 5.71.